The fraction of sp³-hybridized carbons (Fsp3) is 0.438. The Morgan fingerprint density at radius 2 is 1.90 bits per heavy atom. The molecule has 3 rings (SSSR count). The molecule has 1 aromatic carbocycles. The molecule has 0 atom stereocenters. The van der Waals surface area contributed by atoms with Crippen molar-refractivity contribution in [2.24, 2.45) is 0 Å². The number of aryl methyl sites for hydroxylation is 1. The number of imide groups is 1. The van der Waals surface area contributed by atoms with Crippen LogP contribution in [0.4, 0.5) is 4.79 Å². The van der Waals surface area contributed by atoms with Gasteiger partial charge in [-0.05, 0) is 25.3 Å². The van der Waals surface area contributed by atoms with E-state index in [1.54, 1.807) is 12.1 Å². The maximum absolute atomic E-state index is 12.5. The lowest BCUT2D eigenvalue weighted by Crippen LogP contribution is -2.44. The minimum absolute atomic E-state index is 0.183. The minimum Gasteiger partial charge on any atom is -0.323 e. The van der Waals surface area contributed by atoms with Gasteiger partial charge in [-0.25, -0.2) is 4.79 Å². The van der Waals surface area contributed by atoms with Crippen LogP contribution in [0, 0.1) is 6.92 Å². The van der Waals surface area contributed by atoms with E-state index in [1.807, 2.05) is 19.1 Å². The maximum atomic E-state index is 12.5. The van der Waals surface area contributed by atoms with Crippen molar-refractivity contribution in [3.63, 3.8) is 0 Å². The third-order valence-corrected chi connectivity index (χ3v) is 4.45. The summed E-state index contributed by atoms with van der Waals surface area (Å²) in [6, 6.07) is 6.76. The summed E-state index contributed by atoms with van der Waals surface area (Å²) >= 11 is 0. The molecule has 21 heavy (non-hydrogen) atoms. The summed E-state index contributed by atoms with van der Waals surface area (Å²) < 4.78 is 0. The first kappa shape index (κ1) is 13.8. The summed E-state index contributed by atoms with van der Waals surface area (Å²) in [5, 5.41) is 2.79. The second-order valence-corrected chi connectivity index (χ2v) is 5.85. The van der Waals surface area contributed by atoms with Crippen molar-refractivity contribution < 1.29 is 14.4 Å². The van der Waals surface area contributed by atoms with Gasteiger partial charge in [0.05, 0.1) is 6.54 Å². The highest BCUT2D eigenvalue weighted by molar-refractivity contribution is 6.11. The number of rotatable bonds is 3. The number of Topliss-reactive ketones (excluding diaryl/α,β-unsaturated/α-hetero) is 1. The molecule has 0 unspecified atom stereocenters. The zero-order valence-corrected chi connectivity index (χ0v) is 12.0. The molecule has 5 nitrogen and oxygen atoms in total. The molecule has 0 radical (unpaired) electrons. The molecule has 1 saturated heterocycles. The van der Waals surface area contributed by atoms with E-state index in [0.717, 1.165) is 23.3 Å². The second-order valence-electron chi connectivity index (χ2n) is 5.85. The van der Waals surface area contributed by atoms with Gasteiger partial charge in [0.2, 0.25) is 0 Å². The predicted octanol–water partition coefficient (Wildman–Crippen LogP) is 2.04. The Hall–Kier alpha value is -2.17. The Labute approximate surface area is 123 Å². The summed E-state index contributed by atoms with van der Waals surface area (Å²) in [6.45, 7) is 1.66. The number of ketones is 1. The fourth-order valence-corrected chi connectivity index (χ4v) is 3.25. The van der Waals surface area contributed by atoms with E-state index in [9.17, 15) is 14.4 Å². The Morgan fingerprint density at radius 3 is 2.57 bits per heavy atom. The molecular formula is C16H18N2O3. The molecule has 1 heterocycles. The smallest absolute Gasteiger partial charge is 0.323 e. The number of benzene rings is 1. The van der Waals surface area contributed by atoms with Gasteiger partial charge >= 0.3 is 6.03 Å². The van der Waals surface area contributed by atoms with E-state index in [-0.39, 0.29) is 18.2 Å². The lowest BCUT2D eigenvalue weighted by molar-refractivity contribution is -0.130. The largest absolute Gasteiger partial charge is 0.325 e. The van der Waals surface area contributed by atoms with Gasteiger partial charge < -0.3 is 5.32 Å². The lowest BCUT2D eigenvalue weighted by atomic mass is 9.98. The quantitative estimate of drug-likeness (QED) is 0.683. The number of hydrogen-bond donors (Lipinski definition) is 1. The summed E-state index contributed by atoms with van der Waals surface area (Å²) in [5.41, 5.74) is 0.666. The van der Waals surface area contributed by atoms with Crippen LogP contribution in [0.15, 0.2) is 24.3 Å². The molecule has 1 saturated carbocycles. The number of amides is 3. The highest BCUT2D eigenvalue weighted by atomic mass is 16.2. The van der Waals surface area contributed by atoms with Crippen LogP contribution in [0.25, 0.3) is 0 Å². The molecule has 110 valence electrons. The zero-order chi connectivity index (χ0) is 15.0. The first-order valence-electron chi connectivity index (χ1n) is 7.26. The van der Waals surface area contributed by atoms with Crippen LogP contribution in [0.1, 0.15) is 41.6 Å². The van der Waals surface area contributed by atoms with Gasteiger partial charge in [0.15, 0.2) is 5.78 Å². The van der Waals surface area contributed by atoms with E-state index in [4.69, 9.17) is 0 Å². The second kappa shape index (κ2) is 4.98. The average molecular weight is 286 g/mol. The predicted molar refractivity (Wildman–Crippen MR) is 77.0 cm³/mol. The number of hydrogen-bond acceptors (Lipinski definition) is 3. The molecule has 0 bridgehead atoms. The van der Waals surface area contributed by atoms with Gasteiger partial charge in [-0.2, -0.15) is 0 Å². The van der Waals surface area contributed by atoms with Gasteiger partial charge in [-0.15, -0.1) is 0 Å². The molecule has 0 aromatic heterocycles. The van der Waals surface area contributed by atoms with Gasteiger partial charge in [0.25, 0.3) is 5.91 Å². The molecule has 5 heteroatoms. The monoisotopic (exact) mass is 286 g/mol. The molecule has 2 aliphatic rings. The number of carbonyl (C=O) groups excluding carboxylic acids is 3. The highest BCUT2D eigenvalue weighted by Gasteiger charge is 2.52. The molecule has 2 fully saturated rings. The standard InChI is InChI=1S/C16H18N2O3/c1-11-6-2-3-7-12(11)13(19)10-18-14(20)16(17-15(18)21)8-4-5-9-16/h2-3,6-7H,4-5,8-10H2,1H3,(H,17,21). The minimum atomic E-state index is -0.747. The summed E-state index contributed by atoms with van der Waals surface area (Å²) in [7, 11) is 0. The van der Waals surface area contributed by atoms with Crippen LogP contribution in [-0.4, -0.2) is 34.7 Å². The molecular weight excluding hydrogens is 268 g/mol. The van der Waals surface area contributed by atoms with Crippen LogP contribution in [-0.2, 0) is 4.79 Å². The van der Waals surface area contributed by atoms with E-state index >= 15 is 0 Å². The topological polar surface area (TPSA) is 66.5 Å². The summed E-state index contributed by atoms with van der Waals surface area (Å²) in [6.07, 6.45) is 3.22. The van der Waals surface area contributed by atoms with Crippen molar-refractivity contribution in [2.45, 2.75) is 38.1 Å². The van der Waals surface area contributed by atoms with E-state index in [0.29, 0.717) is 18.4 Å². The molecule has 1 aliphatic heterocycles. The first-order chi connectivity index (χ1) is 10.0. The number of nitrogens with one attached hydrogen (secondary N) is 1. The normalized spacial score (nSPS) is 20.1. The highest BCUT2D eigenvalue weighted by Crippen LogP contribution is 2.35. The van der Waals surface area contributed by atoms with Crippen molar-refractivity contribution in [2.75, 3.05) is 6.54 Å². The van der Waals surface area contributed by atoms with E-state index < -0.39 is 11.6 Å². The van der Waals surface area contributed by atoms with Crippen molar-refractivity contribution in [3.05, 3.63) is 35.4 Å². The van der Waals surface area contributed by atoms with Gasteiger partial charge in [0.1, 0.15) is 5.54 Å². The van der Waals surface area contributed by atoms with Crippen LogP contribution < -0.4 is 5.32 Å². The van der Waals surface area contributed by atoms with Crippen molar-refractivity contribution in [1.29, 1.82) is 0 Å². The SMILES string of the molecule is Cc1ccccc1C(=O)CN1C(=O)NC2(CCCC2)C1=O. The fourth-order valence-electron chi connectivity index (χ4n) is 3.25. The lowest BCUT2D eigenvalue weighted by Gasteiger charge is -2.19. The average Bonchev–Trinajstić information content (AvgIpc) is 3.01. The molecule has 1 aliphatic carbocycles. The maximum Gasteiger partial charge on any atom is 0.325 e. The van der Waals surface area contributed by atoms with E-state index in [2.05, 4.69) is 5.32 Å². The summed E-state index contributed by atoms with van der Waals surface area (Å²) in [4.78, 5) is 37.9. The number of carbonyl (C=O) groups is 3. The van der Waals surface area contributed by atoms with Crippen molar-refractivity contribution >= 4 is 17.7 Å². The van der Waals surface area contributed by atoms with Gasteiger partial charge in [-0.1, -0.05) is 37.1 Å². The third kappa shape index (κ3) is 2.22. The number of urea groups is 1. The van der Waals surface area contributed by atoms with Gasteiger partial charge in [0, 0.05) is 5.56 Å². The Balaban J connectivity index is 1.79. The van der Waals surface area contributed by atoms with Crippen molar-refractivity contribution in [1.82, 2.24) is 10.2 Å². The molecule has 1 spiro atoms. The Kier molecular flexibility index (Phi) is 3.27. The van der Waals surface area contributed by atoms with Crippen LogP contribution in [0.2, 0.25) is 0 Å². The molecule has 3 amide bonds. The zero-order valence-electron chi connectivity index (χ0n) is 12.0. The van der Waals surface area contributed by atoms with Gasteiger partial charge in [-0.3, -0.25) is 14.5 Å². The Morgan fingerprint density at radius 1 is 1.24 bits per heavy atom. The van der Waals surface area contributed by atoms with E-state index in [1.165, 1.54) is 0 Å². The molecule has 1 N–H and O–H groups in total. The Bertz CT molecular complexity index is 618. The third-order valence-electron chi connectivity index (χ3n) is 4.45. The van der Waals surface area contributed by atoms with Crippen LogP contribution in [0.5, 0.6) is 0 Å². The summed E-state index contributed by atoms with van der Waals surface area (Å²) in [5.74, 6) is -0.446. The van der Waals surface area contributed by atoms with Crippen LogP contribution >= 0.6 is 0 Å². The van der Waals surface area contributed by atoms with Crippen molar-refractivity contribution in [3.8, 4) is 0 Å². The molecule has 1 aromatic rings. The van der Waals surface area contributed by atoms with Crippen LogP contribution in [0.3, 0.4) is 0 Å². The first-order valence-corrected chi connectivity index (χ1v) is 7.26. The number of nitrogens with zero attached hydrogens (tertiary/aromatic N) is 1.